The Morgan fingerprint density at radius 3 is 2.44 bits per heavy atom. The quantitative estimate of drug-likeness (QED) is 0.353. The number of rotatable bonds is 6. The highest BCUT2D eigenvalue weighted by Gasteiger charge is 2.30. The molecule has 11 heteroatoms. The fourth-order valence-electron chi connectivity index (χ4n) is 3.45. The Hall–Kier alpha value is -3.50. The van der Waals surface area contributed by atoms with E-state index in [4.69, 9.17) is 11.6 Å². The van der Waals surface area contributed by atoms with Crippen molar-refractivity contribution in [2.45, 2.75) is 18.4 Å². The maximum atomic E-state index is 13.9. The molecule has 0 N–H and O–H groups in total. The number of sulfonamides is 1. The van der Waals surface area contributed by atoms with Crippen LogP contribution in [-0.4, -0.2) is 30.9 Å². The summed E-state index contributed by atoms with van der Waals surface area (Å²) >= 11 is 6.08. The van der Waals surface area contributed by atoms with Gasteiger partial charge in [0.15, 0.2) is 17.5 Å². The number of pyridine rings is 1. The SMILES string of the molecule is COC(=O)c1ccc(S(=O)(=O)N(Cc2ccc(F)c(F)c2)c2nc3ccc(Cl)cn3c2C)cc1. The molecule has 0 saturated carbocycles. The molecule has 0 fully saturated rings. The third-order valence-electron chi connectivity index (χ3n) is 5.21. The van der Waals surface area contributed by atoms with Crippen LogP contribution in [0.3, 0.4) is 0 Å². The minimum Gasteiger partial charge on any atom is -0.465 e. The Balaban J connectivity index is 1.86. The van der Waals surface area contributed by atoms with Gasteiger partial charge < -0.3 is 9.14 Å². The molecule has 176 valence electrons. The average Bonchev–Trinajstić information content (AvgIpc) is 3.14. The van der Waals surface area contributed by atoms with Gasteiger partial charge in [0.05, 0.1) is 34.8 Å². The molecule has 0 unspecified atom stereocenters. The predicted octanol–water partition coefficient (Wildman–Crippen LogP) is 4.76. The number of benzene rings is 2. The maximum absolute atomic E-state index is 13.9. The predicted molar refractivity (Wildman–Crippen MR) is 122 cm³/mol. The van der Waals surface area contributed by atoms with Crippen molar-refractivity contribution in [3.8, 4) is 0 Å². The van der Waals surface area contributed by atoms with Crippen LogP contribution in [0.15, 0.2) is 65.7 Å². The summed E-state index contributed by atoms with van der Waals surface area (Å²) in [6.07, 6.45) is 1.59. The maximum Gasteiger partial charge on any atom is 0.337 e. The highest BCUT2D eigenvalue weighted by Crippen LogP contribution is 2.30. The van der Waals surface area contributed by atoms with Crippen LogP contribution in [0.2, 0.25) is 5.02 Å². The number of ether oxygens (including phenoxy) is 1. The van der Waals surface area contributed by atoms with Crippen LogP contribution < -0.4 is 4.31 Å². The molecule has 34 heavy (non-hydrogen) atoms. The summed E-state index contributed by atoms with van der Waals surface area (Å²) in [7, 11) is -3.03. The van der Waals surface area contributed by atoms with Gasteiger partial charge in [-0.25, -0.2) is 31.3 Å². The lowest BCUT2D eigenvalue weighted by atomic mass is 10.2. The molecule has 0 atom stereocenters. The van der Waals surface area contributed by atoms with Crippen LogP contribution in [0.5, 0.6) is 0 Å². The van der Waals surface area contributed by atoms with Gasteiger partial charge in [0, 0.05) is 6.20 Å². The van der Waals surface area contributed by atoms with Crippen LogP contribution in [0.1, 0.15) is 21.6 Å². The lowest BCUT2D eigenvalue weighted by Gasteiger charge is -2.23. The Morgan fingerprint density at radius 2 is 1.79 bits per heavy atom. The molecule has 0 saturated heterocycles. The number of fused-ring (bicyclic) bond motifs is 1. The number of halogens is 3. The Morgan fingerprint density at radius 1 is 1.09 bits per heavy atom. The molecule has 0 radical (unpaired) electrons. The molecule has 2 aromatic carbocycles. The number of carbonyl (C=O) groups excluding carboxylic acids is 1. The lowest BCUT2D eigenvalue weighted by Crippen LogP contribution is -2.31. The van der Waals surface area contributed by atoms with Crippen LogP contribution in [0.4, 0.5) is 14.6 Å². The van der Waals surface area contributed by atoms with Crippen LogP contribution in [0.25, 0.3) is 5.65 Å². The summed E-state index contributed by atoms with van der Waals surface area (Å²) in [5.41, 5.74) is 1.30. The van der Waals surface area contributed by atoms with Gasteiger partial charge in [0.2, 0.25) is 0 Å². The van der Waals surface area contributed by atoms with Gasteiger partial charge in [-0.05, 0) is 61.0 Å². The molecule has 4 rings (SSSR count). The summed E-state index contributed by atoms with van der Waals surface area (Å²) in [6.45, 7) is 1.34. The van der Waals surface area contributed by atoms with Gasteiger partial charge in [-0.3, -0.25) is 0 Å². The van der Waals surface area contributed by atoms with Gasteiger partial charge in [-0.1, -0.05) is 17.7 Å². The molecular weight excluding hydrogens is 488 g/mol. The van der Waals surface area contributed by atoms with Crippen molar-refractivity contribution >= 4 is 39.1 Å². The van der Waals surface area contributed by atoms with Crippen molar-refractivity contribution in [2.24, 2.45) is 0 Å². The van der Waals surface area contributed by atoms with Gasteiger partial charge in [-0.2, -0.15) is 0 Å². The van der Waals surface area contributed by atoms with E-state index in [1.54, 1.807) is 29.7 Å². The summed E-state index contributed by atoms with van der Waals surface area (Å²) in [4.78, 5) is 16.1. The van der Waals surface area contributed by atoms with Crippen molar-refractivity contribution in [3.63, 3.8) is 0 Å². The molecule has 4 aromatic rings. The smallest absolute Gasteiger partial charge is 0.337 e. The van der Waals surface area contributed by atoms with Crippen molar-refractivity contribution < 1.29 is 26.7 Å². The van der Waals surface area contributed by atoms with E-state index in [0.29, 0.717) is 16.4 Å². The topological polar surface area (TPSA) is 81.0 Å². The minimum absolute atomic E-state index is 0.0871. The second kappa shape index (κ2) is 9.03. The molecule has 2 heterocycles. The van der Waals surface area contributed by atoms with Crippen molar-refractivity contribution in [1.82, 2.24) is 9.38 Å². The van der Waals surface area contributed by atoms with Gasteiger partial charge in [0.1, 0.15) is 5.65 Å². The summed E-state index contributed by atoms with van der Waals surface area (Å²) < 4.78 is 62.0. The van der Waals surface area contributed by atoms with Crippen LogP contribution >= 0.6 is 11.6 Å². The first-order chi connectivity index (χ1) is 16.1. The summed E-state index contributed by atoms with van der Waals surface area (Å²) in [5.74, 6) is -2.68. The highest BCUT2D eigenvalue weighted by atomic mass is 35.5. The van der Waals surface area contributed by atoms with E-state index in [-0.39, 0.29) is 28.4 Å². The van der Waals surface area contributed by atoms with Crippen LogP contribution in [-0.2, 0) is 21.3 Å². The number of aromatic nitrogens is 2. The normalized spacial score (nSPS) is 11.6. The highest BCUT2D eigenvalue weighted by molar-refractivity contribution is 7.92. The second-order valence-electron chi connectivity index (χ2n) is 7.37. The third-order valence-corrected chi connectivity index (χ3v) is 7.18. The summed E-state index contributed by atoms with van der Waals surface area (Å²) in [6, 6.07) is 11.6. The largest absolute Gasteiger partial charge is 0.465 e. The zero-order valence-corrected chi connectivity index (χ0v) is 19.6. The standard InChI is InChI=1S/C23H18ClF2N3O4S/c1-14-22(27-21-10-6-17(24)13-28(14)21)29(12-15-3-9-19(25)20(26)11-15)34(31,32)18-7-4-16(5-8-18)23(30)33-2/h3-11,13H,12H2,1-2H3. The number of imidazole rings is 1. The fraction of sp³-hybridized carbons (Fsp3) is 0.130. The van der Waals surface area contributed by atoms with E-state index in [1.807, 2.05) is 0 Å². The van der Waals surface area contributed by atoms with Crippen molar-refractivity contribution in [2.75, 3.05) is 11.4 Å². The number of aryl methyl sites for hydroxylation is 1. The zero-order valence-electron chi connectivity index (χ0n) is 18.0. The van der Waals surface area contributed by atoms with E-state index in [9.17, 15) is 22.0 Å². The first kappa shape index (κ1) is 23.7. The lowest BCUT2D eigenvalue weighted by molar-refractivity contribution is 0.0600. The Bertz CT molecular complexity index is 1500. The van der Waals surface area contributed by atoms with E-state index in [1.165, 1.54) is 37.4 Å². The molecule has 0 bridgehead atoms. The Labute approximate surface area is 199 Å². The second-order valence-corrected chi connectivity index (χ2v) is 9.67. The van der Waals surface area contributed by atoms with Gasteiger partial charge >= 0.3 is 5.97 Å². The first-order valence-electron chi connectivity index (χ1n) is 9.91. The van der Waals surface area contributed by atoms with Crippen molar-refractivity contribution in [1.29, 1.82) is 0 Å². The summed E-state index contributed by atoms with van der Waals surface area (Å²) in [5, 5.41) is 0.424. The fourth-order valence-corrected chi connectivity index (χ4v) is 5.06. The molecule has 7 nitrogen and oxygen atoms in total. The zero-order chi connectivity index (χ0) is 24.6. The van der Waals surface area contributed by atoms with E-state index < -0.39 is 27.6 Å². The Kier molecular flexibility index (Phi) is 6.28. The monoisotopic (exact) mass is 505 g/mol. The number of hydrogen-bond acceptors (Lipinski definition) is 5. The molecule has 0 aliphatic carbocycles. The van der Waals surface area contributed by atoms with E-state index in [2.05, 4.69) is 9.72 Å². The molecule has 0 amide bonds. The number of nitrogens with zero attached hydrogens (tertiary/aromatic N) is 3. The van der Waals surface area contributed by atoms with E-state index in [0.717, 1.165) is 16.4 Å². The molecule has 0 spiro atoms. The van der Waals surface area contributed by atoms with Crippen LogP contribution in [0, 0.1) is 18.6 Å². The molecule has 0 aliphatic rings. The van der Waals surface area contributed by atoms with E-state index >= 15 is 0 Å². The average molecular weight is 506 g/mol. The molecular formula is C23H18ClF2N3O4S. The number of methoxy groups -OCH3 is 1. The van der Waals surface area contributed by atoms with Crippen molar-refractivity contribution in [3.05, 3.63) is 94.3 Å². The number of hydrogen-bond donors (Lipinski definition) is 0. The first-order valence-corrected chi connectivity index (χ1v) is 11.7. The molecule has 0 aliphatic heterocycles. The minimum atomic E-state index is -4.25. The number of carbonyl (C=O) groups is 1. The van der Waals surface area contributed by atoms with Gasteiger partial charge in [-0.15, -0.1) is 0 Å². The molecule has 2 aromatic heterocycles. The number of anilines is 1. The third kappa shape index (κ3) is 4.34. The van der Waals surface area contributed by atoms with Gasteiger partial charge in [0.25, 0.3) is 10.0 Å². The number of esters is 1.